The van der Waals surface area contributed by atoms with E-state index >= 15 is 0 Å². The van der Waals surface area contributed by atoms with Gasteiger partial charge in [0, 0.05) is 52.2 Å². The predicted octanol–water partition coefficient (Wildman–Crippen LogP) is 4.46. The van der Waals surface area contributed by atoms with Crippen LogP contribution in [0, 0.1) is 6.92 Å². The minimum Gasteiger partial charge on any atom is -0.358 e. The second kappa shape index (κ2) is 4.34. The third-order valence-corrected chi connectivity index (χ3v) is 5.68. The number of nitrogens with zero attached hydrogens (tertiary/aromatic N) is 1. The molecule has 0 aliphatic carbocycles. The van der Waals surface area contributed by atoms with Gasteiger partial charge in [-0.05, 0) is 49.4 Å². The second-order valence-corrected chi connectivity index (χ2v) is 7.09. The highest BCUT2D eigenvalue weighted by Crippen LogP contribution is 2.37. The lowest BCUT2D eigenvalue weighted by atomic mass is 10.00. The number of rotatable bonds is 1. The average Bonchev–Trinajstić information content (AvgIpc) is 2.98. The Balaban J connectivity index is 2.01. The normalized spacial score (nSPS) is 16.4. The monoisotopic (exact) mass is 284 g/mol. The zero-order valence-electron chi connectivity index (χ0n) is 12.3. The molecule has 20 heavy (non-hydrogen) atoms. The lowest BCUT2D eigenvalue weighted by Crippen LogP contribution is -2.35. The van der Waals surface area contributed by atoms with Crippen LogP contribution in [0.1, 0.15) is 30.7 Å². The van der Waals surface area contributed by atoms with E-state index in [9.17, 15) is 0 Å². The fraction of sp³-hybridized carbons (Fsp3) is 0.412. The molecule has 0 unspecified atom stereocenters. The molecule has 3 heterocycles. The van der Waals surface area contributed by atoms with Crippen molar-refractivity contribution < 1.29 is 0 Å². The van der Waals surface area contributed by atoms with E-state index in [-0.39, 0.29) is 0 Å². The van der Waals surface area contributed by atoms with Crippen LogP contribution in [0.15, 0.2) is 17.5 Å². The van der Waals surface area contributed by atoms with E-state index in [1.54, 1.807) is 0 Å². The summed E-state index contributed by atoms with van der Waals surface area (Å²) in [4.78, 5) is 6.24. The molecule has 0 spiro atoms. The van der Waals surface area contributed by atoms with E-state index in [4.69, 9.17) is 0 Å². The second-order valence-electron chi connectivity index (χ2n) is 6.18. The standard InChI is InChI=1S/C17H20N2S/c1-10(2)19-7-6-13-12(8-19)17-14(18-13)4-5-15-16(17)11(3)9-20-15/h4-5,9-10,18H,6-8H2,1-3H3. The minimum atomic E-state index is 0.621. The van der Waals surface area contributed by atoms with Crippen molar-refractivity contribution in [2.45, 2.75) is 39.8 Å². The Morgan fingerprint density at radius 1 is 1.25 bits per heavy atom. The van der Waals surface area contributed by atoms with Crippen LogP contribution < -0.4 is 0 Å². The average molecular weight is 284 g/mol. The van der Waals surface area contributed by atoms with Crippen molar-refractivity contribution in [2.24, 2.45) is 0 Å². The van der Waals surface area contributed by atoms with Crippen molar-refractivity contribution in [3.05, 3.63) is 34.3 Å². The Morgan fingerprint density at radius 3 is 2.90 bits per heavy atom. The van der Waals surface area contributed by atoms with Gasteiger partial charge in [0.15, 0.2) is 0 Å². The highest BCUT2D eigenvalue weighted by molar-refractivity contribution is 7.17. The summed E-state index contributed by atoms with van der Waals surface area (Å²) in [5.41, 5.74) is 5.72. The molecule has 1 aromatic carbocycles. The first-order valence-corrected chi connectivity index (χ1v) is 8.27. The summed E-state index contributed by atoms with van der Waals surface area (Å²) in [5, 5.41) is 5.23. The number of aromatic amines is 1. The van der Waals surface area contributed by atoms with E-state index in [1.165, 1.54) is 44.4 Å². The first-order valence-electron chi connectivity index (χ1n) is 7.39. The molecule has 104 valence electrons. The molecule has 0 fully saturated rings. The summed E-state index contributed by atoms with van der Waals surface area (Å²) in [6.45, 7) is 9.09. The Bertz CT molecular complexity index is 794. The molecule has 1 aliphatic heterocycles. The first kappa shape index (κ1) is 12.4. The van der Waals surface area contributed by atoms with E-state index < -0.39 is 0 Å². The number of benzene rings is 1. The predicted molar refractivity (Wildman–Crippen MR) is 87.7 cm³/mol. The third-order valence-electron chi connectivity index (χ3n) is 4.62. The van der Waals surface area contributed by atoms with Gasteiger partial charge in [0.05, 0.1) is 0 Å². The van der Waals surface area contributed by atoms with Crippen LogP contribution in [-0.2, 0) is 13.0 Å². The molecule has 0 saturated heterocycles. The summed E-state index contributed by atoms with van der Waals surface area (Å²) < 4.78 is 1.42. The summed E-state index contributed by atoms with van der Waals surface area (Å²) in [5.74, 6) is 0. The van der Waals surface area contributed by atoms with Gasteiger partial charge in [0.1, 0.15) is 0 Å². The van der Waals surface area contributed by atoms with E-state index in [0.717, 1.165) is 13.0 Å². The van der Waals surface area contributed by atoms with Crippen molar-refractivity contribution in [2.75, 3.05) is 6.54 Å². The molecule has 0 saturated carbocycles. The minimum absolute atomic E-state index is 0.621. The van der Waals surface area contributed by atoms with Gasteiger partial charge in [-0.1, -0.05) is 0 Å². The zero-order chi connectivity index (χ0) is 13.9. The molecule has 0 atom stereocenters. The molecule has 4 rings (SSSR count). The largest absolute Gasteiger partial charge is 0.358 e. The fourth-order valence-electron chi connectivity index (χ4n) is 3.46. The summed E-state index contributed by atoms with van der Waals surface area (Å²) >= 11 is 1.86. The van der Waals surface area contributed by atoms with Gasteiger partial charge < -0.3 is 4.98 Å². The topological polar surface area (TPSA) is 19.0 Å². The molecule has 1 N–H and O–H groups in total. The Labute approximate surface area is 123 Å². The van der Waals surface area contributed by atoms with Crippen molar-refractivity contribution in [1.29, 1.82) is 0 Å². The summed E-state index contributed by atoms with van der Waals surface area (Å²) in [7, 11) is 0. The van der Waals surface area contributed by atoms with Gasteiger partial charge in [0.2, 0.25) is 0 Å². The van der Waals surface area contributed by atoms with Crippen LogP contribution in [0.25, 0.3) is 21.0 Å². The summed E-state index contributed by atoms with van der Waals surface area (Å²) in [6, 6.07) is 5.14. The quantitative estimate of drug-likeness (QED) is 0.699. The van der Waals surface area contributed by atoms with Crippen LogP contribution in [0.5, 0.6) is 0 Å². The number of H-pyrrole nitrogens is 1. The van der Waals surface area contributed by atoms with Crippen LogP contribution in [0.2, 0.25) is 0 Å². The third kappa shape index (κ3) is 1.66. The molecule has 3 heteroatoms. The fourth-order valence-corrected chi connectivity index (χ4v) is 4.41. The van der Waals surface area contributed by atoms with Crippen LogP contribution in [-0.4, -0.2) is 22.5 Å². The smallest absolute Gasteiger partial charge is 0.0466 e. The van der Waals surface area contributed by atoms with Crippen molar-refractivity contribution in [3.8, 4) is 0 Å². The molecule has 2 aromatic heterocycles. The van der Waals surface area contributed by atoms with Crippen molar-refractivity contribution in [1.82, 2.24) is 9.88 Å². The molecule has 3 aromatic rings. The van der Waals surface area contributed by atoms with Crippen LogP contribution in [0.4, 0.5) is 0 Å². The number of thiophene rings is 1. The number of aryl methyl sites for hydroxylation is 1. The molecule has 1 aliphatic rings. The molecule has 0 amide bonds. The Hall–Kier alpha value is -1.32. The van der Waals surface area contributed by atoms with Crippen LogP contribution >= 0.6 is 11.3 Å². The Morgan fingerprint density at radius 2 is 2.10 bits per heavy atom. The maximum atomic E-state index is 3.66. The molecule has 0 radical (unpaired) electrons. The highest BCUT2D eigenvalue weighted by atomic mass is 32.1. The lowest BCUT2D eigenvalue weighted by molar-refractivity contribution is 0.203. The first-order chi connectivity index (χ1) is 9.65. The zero-order valence-corrected chi connectivity index (χ0v) is 13.1. The van der Waals surface area contributed by atoms with Gasteiger partial charge in [0.25, 0.3) is 0 Å². The summed E-state index contributed by atoms with van der Waals surface area (Å²) in [6.07, 6.45) is 1.15. The molecular formula is C17H20N2S. The van der Waals surface area contributed by atoms with Gasteiger partial charge >= 0.3 is 0 Å². The van der Waals surface area contributed by atoms with E-state index in [0.29, 0.717) is 6.04 Å². The van der Waals surface area contributed by atoms with Crippen molar-refractivity contribution in [3.63, 3.8) is 0 Å². The number of fused-ring (bicyclic) bond motifs is 5. The molecule has 0 bridgehead atoms. The maximum Gasteiger partial charge on any atom is 0.0466 e. The highest BCUT2D eigenvalue weighted by Gasteiger charge is 2.23. The maximum absolute atomic E-state index is 3.66. The van der Waals surface area contributed by atoms with Gasteiger partial charge in [-0.15, -0.1) is 11.3 Å². The van der Waals surface area contributed by atoms with Gasteiger partial charge in [-0.3, -0.25) is 4.90 Å². The number of aromatic nitrogens is 1. The SMILES string of the molecule is Cc1csc2ccc3[nH]c4c(c3c12)CN(C(C)C)CC4. The number of hydrogen-bond donors (Lipinski definition) is 1. The van der Waals surface area contributed by atoms with E-state index in [1.807, 2.05) is 11.3 Å². The van der Waals surface area contributed by atoms with Crippen LogP contribution in [0.3, 0.4) is 0 Å². The number of hydrogen-bond acceptors (Lipinski definition) is 2. The number of nitrogens with one attached hydrogen (secondary N) is 1. The van der Waals surface area contributed by atoms with Gasteiger partial charge in [-0.25, -0.2) is 0 Å². The molecule has 2 nitrogen and oxygen atoms in total. The Kier molecular flexibility index (Phi) is 2.69. The van der Waals surface area contributed by atoms with Crippen molar-refractivity contribution >= 4 is 32.3 Å². The van der Waals surface area contributed by atoms with E-state index in [2.05, 4.69) is 48.2 Å². The van der Waals surface area contributed by atoms with Gasteiger partial charge in [-0.2, -0.15) is 0 Å². The molecular weight excluding hydrogens is 264 g/mol. The lowest BCUT2D eigenvalue weighted by Gasteiger charge is -2.30.